The molecule has 0 aliphatic carbocycles. The smallest absolute Gasteiger partial charge is 0.280 e. The maximum Gasteiger partial charge on any atom is 0.280 e. The SMILES string of the molecule is CC(C)(C)N/C(=N/C(=O)c1ccc(F)c(F)c1)Nc1cc(-c2cccc(Cl)c2)n[nH]1. The first kappa shape index (κ1) is 21.4. The maximum atomic E-state index is 13.5. The van der Waals surface area contributed by atoms with Crippen molar-refractivity contribution in [3.8, 4) is 11.3 Å². The van der Waals surface area contributed by atoms with Crippen molar-refractivity contribution in [2.45, 2.75) is 26.3 Å². The zero-order chi connectivity index (χ0) is 21.9. The molecule has 3 aromatic rings. The van der Waals surface area contributed by atoms with Crippen molar-refractivity contribution in [3.05, 3.63) is 70.8 Å². The predicted molar refractivity (Wildman–Crippen MR) is 114 cm³/mol. The van der Waals surface area contributed by atoms with Crippen LogP contribution in [0.3, 0.4) is 0 Å². The van der Waals surface area contributed by atoms with E-state index < -0.39 is 23.1 Å². The monoisotopic (exact) mass is 431 g/mol. The Labute approximate surface area is 177 Å². The van der Waals surface area contributed by atoms with E-state index in [1.54, 1.807) is 18.2 Å². The van der Waals surface area contributed by atoms with Crippen molar-refractivity contribution >= 4 is 29.3 Å². The van der Waals surface area contributed by atoms with Gasteiger partial charge in [0.2, 0.25) is 5.96 Å². The average Bonchev–Trinajstić information content (AvgIpc) is 3.11. The van der Waals surface area contributed by atoms with Gasteiger partial charge in [-0.2, -0.15) is 10.1 Å². The Morgan fingerprint density at radius 2 is 1.87 bits per heavy atom. The molecule has 0 atom stereocenters. The molecule has 6 nitrogen and oxygen atoms in total. The minimum atomic E-state index is -1.12. The summed E-state index contributed by atoms with van der Waals surface area (Å²) in [6.45, 7) is 5.66. The minimum absolute atomic E-state index is 0.0758. The first-order chi connectivity index (χ1) is 14.1. The molecule has 3 rings (SSSR count). The molecule has 0 aliphatic rings. The van der Waals surface area contributed by atoms with E-state index in [4.69, 9.17) is 11.6 Å². The van der Waals surface area contributed by atoms with Crippen molar-refractivity contribution in [1.29, 1.82) is 0 Å². The van der Waals surface area contributed by atoms with Gasteiger partial charge in [-0.1, -0.05) is 23.7 Å². The number of hydrogen-bond donors (Lipinski definition) is 3. The van der Waals surface area contributed by atoms with Crippen molar-refractivity contribution in [2.75, 3.05) is 5.32 Å². The van der Waals surface area contributed by atoms with Crippen LogP contribution in [0.2, 0.25) is 5.02 Å². The van der Waals surface area contributed by atoms with Gasteiger partial charge >= 0.3 is 0 Å². The van der Waals surface area contributed by atoms with Crippen LogP contribution in [0.5, 0.6) is 0 Å². The molecule has 0 bridgehead atoms. The molecule has 0 saturated heterocycles. The molecule has 0 fully saturated rings. The molecule has 1 aromatic heterocycles. The summed E-state index contributed by atoms with van der Waals surface area (Å²) < 4.78 is 26.6. The summed E-state index contributed by atoms with van der Waals surface area (Å²) >= 11 is 6.02. The van der Waals surface area contributed by atoms with Gasteiger partial charge in [0.05, 0.1) is 5.69 Å². The Balaban J connectivity index is 1.86. The van der Waals surface area contributed by atoms with Crippen LogP contribution in [0.25, 0.3) is 11.3 Å². The fourth-order valence-electron chi connectivity index (χ4n) is 2.55. The largest absolute Gasteiger partial charge is 0.351 e. The van der Waals surface area contributed by atoms with Gasteiger partial charge in [-0.3, -0.25) is 9.89 Å². The summed E-state index contributed by atoms with van der Waals surface area (Å²) in [5, 5.41) is 13.7. The van der Waals surface area contributed by atoms with Crippen LogP contribution in [0, 0.1) is 11.6 Å². The van der Waals surface area contributed by atoms with Gasteiger partial charge in [-0.25, -0.2) is 8.78 Å². The van der Waals surface area contributed by atoms with Gasteiger partial charge < -0.3 is 10.6 Å². The number of carbonyl (C=O) groups excluding carboxylic acids is 1. The summed E-state index contributed by atoms with van der Waals surface area (Å²) in [5.74, 6) is -2.29. The predicted octanol–water partition coefficient (Wildman–Crippen LogP) is 5.00. The number of benzene rings is 2. The molecule has 1 amide bonds. The van der Waals surface area contributed by atoms with E-state index >= 15 is 0 Å². The highest BCUT2D eigenvalue weighted by atomic mass is 35.5. The topological polar surface area (TPSA) is 82.2 Å². The van der Waals surface area contributed by atoms with Crippen LogP contribution >= 0.6 is 11.6 Å². The Morgan fingerprint density at radius 1 is 1.10 bits per heavy atom. The van der Waals surface area contributed by atoms with Crippen LogP contribution in [0.1, 0.15) is 31.1 Å². The summed E-state index contributed by atoms with van der Waals surface area (Å²) in [7, 11) is 0. The van der Waals surface area contributed by atoms with E-state index in [9.17, 15) is 13.6 Å². The van der Waals surface area contributed by atoms with Gasteiger partial charge in [-0.15, -0.1) is 0 Å². The number of guanidine groups is 1. The van der Waals surface area contributed by atoms with Crippen LogP contribution in [-0.4, -0.2) is 27.6 Å². The van der Waals surface area contributed by atoms with Gasteiger partial charge in [0.25, 0.3) is 5.91 Å². The summed E-state index contributed by atoms with van der Waals surface area (Å²) in [5.41, 5.74) is 0.942. The number of rotatable bonds is 3. The number of nitrogens with one attached hydrogen (secondary N) is 3. The Bertz CT molecular complexity index is 1100. The van der Waals surface area contributed by atoms with E-state index in [0.717, 1.165) is 17.7 Å². The quantitative estimate of drug-likeness (QED) is 0.402. The molecular weight excluding hydrogens is 412 g/mol. The third kappa shape index (κ3) is 5.64. The highest BCUT2D eigenvalue weighted by Crippen LogP contribution is 2.23. The number of aliphatic imine (C=N–C) groups is 1. The van der Waals surface area contributed by atoms with Crippen LogP contribution in [0.15, 0.2) is 53.5 Å². The lowest BCUT2D eigenvalue weighted by molar-refractivity contribution is 0.100. The van der Waals surface area contributed by atoms with E-state index in [-0.39, 0.29) is 11.5 Å². The van der Waals surface area contributed by atoms with Crippen molar-refractivity contribution < 1.29 is 13.6 Å². The lowest BCUT2D eigenvalue weighted by Gasteiger charge is -2.23. The second-order valence-corrected chi connectivity index (χ2v) is 8.01. The van der Waals surface area contributed by atoms with Crippen LogP contribution in [-0.2, 0) is 0 Å². The number of hydrogen-bond acceptors (Lipinski definition) is 2. The summed E-state index contributed by atoms with van der Waals surface area (Å²) in [6.07, 6.45) is 0. The number of nitrogens with zero attached hydrogens (tertiary/aromatic N) is 2. The second-order valence-electron chi connectivity index (χ2n) is 7.57. The molecule has 1 heterocycles. The van der Waals surface area contributed by atoms with E-state index in [1.807, 2.05) is 32.9 Å². The van der Waals surface area contributed by atoms with E-state index in [0.29, 0.717) is 16.5 Å². The van der Waals surface area contributed by atoms with Crippen molar-refractivity contribution in [3.63, 3.8) is 0 Å². The van der Waals surface area contributed by atoms with Gasteiger partial charge in [0.15, 0.2) is 11.6 Å². The van der Waals surface area contributed by atoms with Crippen LogP contribution < -0.4 is 10.6 Å². The average molecular weight is 432 g/mol. The molecule has 156 valence electrons. The molecular formula is C21H20ClF2N5O. The maximum absolute atomic E-state index is 13.5. The molecule has 30 heavy (non-hydrogen) atoms. The zero-order valence-electron chi connectivity index (χ0n) is 16.6. The van der Waals surface area contributed by atoms with Crippen molar-refractivity contribution in [2.24, 2.45) is 4.99 Å². The standard InChI is InChI=1S/C21H20ClF2N5O/c1-21(2,3)27-20(26-19(30)13-7-8-15(23)16(24)10-13)25-18-11-17(28-29-18)12-5-4-6-14(22)9-12/h4-11H,1-3H3,(H3,25,26,27,28,29,30). The number of aromatic nitrogens is 2. The Hall–Kier alpha value is -3.26. The second kappa shape index (κ2) is 8.62. The highest BCUT2D eigenvalue weighted by Gasteiger charge is 2.17. The van der Waals surface area contributed by atoms with Gasteiger partial charge in [0.1, 0.15) is 5.82 Å². The molecule has 0 aliphatic heterocycles. The zero-order valence-corrected chi connectivity index (χ0v) is 17.3. The van der Waals surface area contributed by atoms with Crippen LogP contribution in [0.4, 0.5) is 14.6 Å². The van der Waals surface area contributed by atoms with Crippen molar-refractivity contribution in [1.82, 2.24) is 15.5 Å². The lowest BCUT2D eigenvalue weighted by atomic mass is 10.1. The summed E-state index contributed by atoms with van der Waals surface area (Å²) in [4.78, 5) is 16.5. The number of anilines is 1. The third-order valence-electron chi connectivity index (χ3n) is 3.82. The molecule has 0 radical (unpaired) electrons. The minimum Gasteiger partial charge on any atom is -0.351 e. The van der Waals surface area contributed by atoms with E-state index in [1.165, 1.54) is 6.07 Å². The fraction of sp³-hybridized carbons (Fsp3) is 0.190. The number of aromatic amines is 1. The number of halogens is 3. The number of carbonyl (C=O) groups is 1. The normalized spacial score (nSPS) is 12.0. The summed E-state index contributed by atoms with van der Waals surface area (Å²) in [6, 6.07) is 11.8. The Kier molecular flexibility index (Phi) is 6.17. The van der Waals surface area contributed by atoms with Gasteiger partial charge in [0, 0.05) is 27.8 Å². The number of amides is 1. The molecule has 0 unspecified atom stereocenters. The highest BCUT2D eigenvalue weighted by molar-refractivity contribution is 6.30. The fourth-order valence-corrected chi connectivity index (χ4v) is 2.74. The molecule has 3 N–H and O–H groups in total. The first-order valence-electron chi connectivity index (χ1n) is 9.05. The molecule has 9 heteroatoms. The van der Waals surface area contributed by atoms with E-state index in [2.05, 4.69) is 25.8 Å². The van der Waals surface area contributed by atoms with Gasteiger partial charge in [-0.05, 0) is 51.1 Å². The lowest BCUT2D eigenvalue weighted by Crippen LogP contribution is -2.44. The number of H-pyrrole nitrogens is 1. The third-order valence-corrected chi connectivity index (χ3v) is 4.06. The first-order valence-corrected chi connectivity index (χ1v) is 9.43. The molecule has 2 aromatic carbocycles. The molecule has 0 saturated carbocycles. The Morgan fingerprint density at radius 3 is 2.53 bits per heavy atom. The molecule has 0 spiro atoms.